The van der Waals surface area contributed by atoms with Gasteiger partial charge in [0.2, 0.25) is 0 Å². The van der Waals surface area contributed by atoms with E-state index in [0.717, 1.165) is 17.9 Å². The molecule has 80 valence electrons. The van der Waals surface area contributed by atoms with Crippen LogP contribution in [0.4, 0.5) is 0 Å². The third-order valence-electron chi connectivity index (χ3n) is 2.33. The number of hydrogen-bond acceptors (Lipinski definition) is 3. The molecule has 0 saturated carbocycles. The van der Waals surface area contributed by atoms with E-state index >= 15 is 0 Å². The molecule has 4 heteroatoms. The molecule has 0 saturated heterocycles. The first-order chi connectivity index (χ1) is 7.22. The fourth-order valence-electron chi connectivity index (χ4n) is 1.63. The third-order valence-corrected chi connectivity index (χ3v) is 2.33. The summed E-state index contributed by atoms with van der Waals surface area (Å²) in [6.45, 7) is 4.64. The Morgan fingerprint density at radius 2 is 2.40 bits per heavy atom. The molecule has 15 heavy (non-hydrogen) atoms. The van der Waals surface area contributed by atoms with Crippen LogP contribution in [0.3, 0.4) is 0 Å². The van der Waals surface area contributed by atoms with Gasteiger partial charge in [0.15, 0.2) is 6.10 Å². The molecule has 1 N–H and O–H groups in total. The van der Waals surface area contributed by atoms with Crippen LogP contribution in [-0.4, -0.2) is 14.9 Å². The molecule has 2 heterocycles. The van der Waals surface area contributed by atoms with Crippen LogP contribution in [0, 0.1) is 6.92 Å². The van der Waals surface area contributed by atoms with E-state index in [1.54, 1.807) is 23.1 Å². The molecular weight excluding hydrogens is 192 g/mol. The van der Waals surface area contributed by atoms with Crippen molar-refractivity contribution in [1.29, 1.82) is 0 Å². The quantitative estimate of drug-likeness (QED) is 0.834. The summed E-state index contributed by atoms with van der Waals surface area (Å²) in [5.74, 6) is 0.546. The zero-order valence-corrected chi connectivity index (χ0v) is 8.84. The summed E-state index contributed by atoms with van der Waals surface area (Å²) in [5, 5.41) is 14.3. The van der Waals surface area contributed by atoms with Crippen molar-refractivity contribution < 1.29 is 9.52 Å². The summed E-state index contributed by atoms with van der Waals surface area (Å²) < 4.78 is 6.95. The normalized spacial score (nSPS) is 13.0. The van der Waals surface area contributed by atoms with E-state index in [1.807, 2.05) is 19.9 Å². The van der Waals surface area contributed by atoms with Crippen molar-refractivity contribution in [3.63, 3.8) is 0 Å². The van der Waals surface area contributed by atoms with Gasteiger partial charge in [-0.05, 0) is 32.0 Å². The molecule has 0 aromatic carbocycles. The minimum absolute atomic E-state index is 0.546. The SMILES string of the molecule is CCn1nc(C)cc1C(O)c1ccco1. The molecule has 1 unspecified atom stereocenters. The summed E-state index contributed by atoms with van der Waals surface area (Å²) >= 11 is 0. The largest absolute Gasteiger partial charge is 0.466 e. The van der Waals surface area contributed by atoms with Crippen LogP contribution >= 0.6 is 0 Å². The zero-order chi connectivity index (χ0) is 10.8. The second-order valence-electron chi connectivity index (χ2n) is 3.44. The van der Waals surface area contributed by atoms with Crippen molar-refractivity contribution in [2.75, 3.05) is 0 Å². The first kappa shape index (κ1) is 9.98. The van der Waals surface area contributed by atoms with Gasteiger partial charge in [0, 0.05) is 6.54 Å². The molecule has 0 aliphatic rings. The van der Waals surface area contributed by atoms with E-state index in [0.29, 0.717) is 5.76 Å². The number of nitrogens with zero attached hydrogens (tertiary/aromatic N) is 2. The molecule has 0 aliphatic carbocycles. The van der Waals surface area contributed by atoms with Gasteiger partial charge in [-0.25, -0.2) is 0 Å². The lowest BCUT2D eigenvalue weighted by atomic mass is 10.2. The lowest BCUT2D eigenvalue weighted by molar-refractivity contribution is 0.178. The van der Waals surface area contributed by atoms with Crippen LogP contribution in [0.2, 0.25) is 0 Å². The van der Waals surface area contributed by atoms with Crippen LogP contribution in [0.15, 0.2) is 28.9 Å². The number of rotatable bonds is 3. The second-order valence-corrected chi connectivity index (χ2v) is 3.44. The summed E-state index contributed by atoms with van der Waals surface area (Å²) in [6, 6.07) is 5.39. The van der Waals surface area contributed by atoms with E-state index in [4.69, 9.17) is 4.42 Å². The van der Waals surface area contributed by atoms with Gasteiger partial charge in [0.1, 0.15) is 5.76 Å². The van der Waals surface area contributed by atoms with Crippen LogP contribution in [-0.2, 0) is 6.54 Å². The first-order valence-corrected chi connectivity index (χ1v) is 4.98. The molecular formula is C11H14N2O2. The van der Waals surface area contributed by atoms with E-state index in [-0.39, 0.29) is 0 Å². The summed E-state index contributed by atoms with van der Waals surface area (Å²) in [7, 11) is 0. The highest BCUT2D eigenvalue weighted by Crippen LogP contribution is 2.22. The lowest BCUT2D eigenvalue weighted by Crippen LogP contribution is -2.08. The standard InChI is InChI=1S/C11H14N2O2/c1-3-13-9(7-8(2)12-13)11(14)10-5-4-6-15-10/h4-7,11,14H,3H2,1-2H3. The topological polar surface area (TPSA) is 51.2 Å². The second kappa shape index (κ2) is 3.90. The van der Waals surface area contributed by atoms with Crippen molar-refractivity contribution in [1.82, 2.24) is 9.78 Å². The van der Waals surface area contributed by atoms with E-state index in [2.05, 4.69) is 5.10 Å². The predicted octanol–water partition coefficient (Wildman–Crippen LogP) is 1.89. The maximum atomic E-state index is 10.1. The molecule has 2 aromatic rings. The number of aliphatic hydroxyl groups is 1. The maximum Gasteiger partial charge on any atom is 0.153 e. The number of aliphatic hydroxyl groups excluding tert-OH is 1. The zero-order valence-electron chi connectivity index (χ0n) is 8.84. The Balaban J connectivity index is 2.36. The molecule has 2 aromatic heterocycles. The summed E-state index contributed by atoms with van der Waals surface area (Å²) in [5.41, 5.74) is 1.67. The molecule has 0 spiro atoms. The van der Waals surface area contributed by atoms with Crippen LogP contribution in [0.25, 0.3) is 0 Å². The summed E-state index contributed by atoms with van der Waals surface area (Å²) in [6.07, 6.45) is 0.819. The average Bonchev–Trinajstić information content (AvgIpc) is 2.84. The van der Waals surface area contributed by atoms with Gasteiger partial charge < -0.3 is 9.52 Å². The predicted molar refractivity (Wildman–Crippen MR) is 55.4 cm³/mol. The monoisotopic (exact) mass is 206 g/mol. The Labute approximate surface area is 88.1 Å². The van der Waals surface area contributed by atoms with Gasteiger partial charge >= 0.3 is 0 Å². The first-order valence-electron chi connectivity index (χ1n) is 4.98. The molecule has 0 bridgehead atoms. The molecule has 0 radical (unpaired) electrons. The average molecular weight is 206 g/mol. The number of aromatic nitrogens is 2. The maximum absolute atomic E-state index is 10.1. The van der Waals surface area contributed by atoms with E-state index < -0.39 is 6.10 Å². The number of aryl methyl sites for hydroxylation is 2. The summed E-state index contributed by atoms with van der Waals surface area (Å²) in [4.78, 5) is 0. The Hall–Kier alpha value is -1.55. The highest BCUT2D eigenvalue weighted by molar-refractivity contribution is 5.19. The van der Waals surface area contributed by atoms with Crippen molar-refractivity contribution >= 4 is 0 Å². The van der Waals surface area contributed by atoms with Gasteiger partial charge in [0.05, 0.1) is 17.7 Å². The van der Waals surface area contributed by atoms with Crippen LogP contribution < -0.4 is 0 Å². The minimum Gasteiger partial charge on any atom is -0.466 e. The van der Waals surface area contributed by atoms with Gasteiger partial charge in [0.25, 0.3) is 0 Å². The molecule has 4 nitrogen and oxygen atoms in total. The van der Waals surface area contributed by atoms with Crippen molar-refractivity contribution in [3.05, 3.63) is 41.6 Å². The minimum atomic E-state index is -0.735. The molecule has 2 rings (SSSR count). The Morgan fingerprint density at radius 3 is 3.00 bits per heavy atom. The number of hydrogen-bond donors (Lipinski definition) is 1. The van der Waals surface area contributed by atoms with Crippen molar-refractivity contribution in [3.8, 4) is 0 Å². The van der Waals surface area contributed by atoms with Crippen LogP contribution in [0.5, 0.6) is 0 Å². The fraction of sp³-hybridized carbons (Fsp3) is 0.364. The highest BCUT2D eigenvalue weighted by Gasteiger charge is 2.18. The van der Waals surface area contributed by atoms with Gasteiger partial charge in [-0.3, -0.25) is 4.68 Å². The molecule has 1 atom stereocenters. The molecule has 0 amide bonds. The van der Waals surface area contributed by atoms with E-state index in [9.17, 15) is 5.11 Å². The van der Waals surface area contributed by atoms with E-state index in [1.165, 1.54) is 0 Å². The van der Waals surface area contributed by atoms with Crippen molar-refractivity contribution in [2.45, 2.75) is 26.5 Å². The van der Waals surface area contributed by atoms with Crippen LogP contribution in [0.1, 0.15) is 30.2 Å². The third kappa shape index (κ3) is 1.80. The van der Waals surface area contributed by atoms with Crippen molar-refractivity contribution in [2.24, 2.45) is 0 Å². The number of furan rings is 1. The van der Waals surface area contributed by atoms with Gasteiger partial charge in [-0.1, -0.05) is 0 Å². The Morgan fingerprint density at radius 1 is 1.60 bits per heavy atom. The van der Waals surface area contributed by atoms with Gasteiger partial charge in [-0.15, -0.1) is 0 Å². The molecule has 0 fully saturated rings. The highest BCUT2D eigenvalue weighted by atomic mass is 16.4. The lowest BCUT2D eigenvalue weighted by Gasteiger charge is -2.09. The Bertz CT molecular complexity index is 431. The smallest absolute Gasteiger partial charge is 0.153 e. The Kier molecular flexibility index (Phi) is 2.60. The molecule has 0 aliphatic heterocycles. The fourth-order valence-corrected chi connectivity index (χ4v) is 1.63. The van der Waals surface area contributed by atoms with Gasteiger partial charge in [-0.2, -0.15) is 5.10 Å².